The zero-order chi connectivity index (χ0) is 16.5. The molecule has 2 unspecified atom stereocenters. The number of carbonyl (C=O) groups is 2. The Morgan fingerprint density at radius 3 is 2.73 bits per heavy atom. The molecule has 5 nitrogen and oxygen atoms in total. The van der Waals surface area contributed by atoms with Crippen LogP contribution in [0.25, 0.3) is 0 Å². The fraction of sp³-hybridized carbons (Fsp3) is 0.688. The maximum atomic E-state index is 12.3. The van der Waals surface area contributed by atoms with Gasteiger partial charge in [-0.15, -0.1) is 11.3 Å². The summed E-state index contributed by atoms with van der Waals surface area (Å²) in [6.45, 7) is 9.91. The van der Waals surface area contributed by atoms with Gasteiger partial charge in [-0.1, -0.05) is 6.92 Å². The van der Waals surface area contributed by atoms with Crippen LogP contribution in [0, 0.1) is 6.92 Å². The van der Waals surface area contributed by atoms with Crippen molar-refractivity contribution in [2.24, 2.45) is 0 Å². The molecule has 0 radical (unpaired) electrons. The van der Waals surface area contributed by atoms with E-state index < -0.39 is 11.6 Å². The largest absolute Gasteiger partial charge is 0.458 e. The first-order valence-corrected chi connectivity index (χ1v) is 8.53. The number of hydrogen-bond acceptors (Lipinski definition) is 5. The molecular formula is C16H24N2O3S. The molecule has 1 aromatic heterocycles. The second-order valence-corrected chi connectivity index (χ2v) is 7.62. The highest BCUT2D eigenvalue weighted by Crippen LogP contribution is 2.32. The summed E-state index contributed by atoms with van der Waals surface area (Å²) in [5, 5.41) is 2.97. The summed E-state index contributed by atoms with van der Waals surface area (Å²) in [6.07, 6.45) is 0.983. The van der Waals surface area contributed by atoms with Gasteiger partial charge in [-0.25, -0.2) is 9.78 Å². The van der Waals surface area contributed by atoms with Crippen LogP contribution in [0.1, 0.15) is 57.2 Å². The van der Waals surface area contributed by atoms with E-state index in [0.717, 1.165) is 10.7 Å². The number of rotatable bonds is 4. The number of likely N-dealkylation sites (tertiary alicyclic amines) is 1. The van der Waals surface area contributed by atoms with Crippen LogP contribution in [0.5, 0.6) is 0 Å². The Kier molecular flexibility index (Phi) is 4.90. The standard InChI is InChI=1S/C16H24N2O3S/c1-6-12(15(20)21-16(3,4)5)18-8-11(7-13(18)19)14-17-10(2)9-22-14/h9,11-12H,6-8H2,1-5H3. The molecule has 0 N–H and O–H groups in total. The Hall–Kier alpha value is -1.43. The lowest BCUT2D eigenvalue weighted by atomic mass is 10.1. The van der Waals surface area contributed by atoms with Crippen molar-refractivity contribution in [3.05, 3.63) is 16.1 Å². The van der Waals surface area contributed by atoms with Crippen LogP contribution < -0.4 is 0 Å². The van der Waals surface area contributed by atoms with Gasteiger partial charge in [-0.2, -0.15) is 0 Å². The molecule has 0 saturated carbocycles. The quantitative estimate of drug-likeness (QED) is 0.799. The van der Waals surface area contributed by atoms with Gasteiger partial charge < -0.3 is 9.64 Å². The van der Waals surface area contributed by atoms with E-state index >= 15 is 0 Å². The van der Waals surface area contributed by atoms with Crippen LogP contribution >= 0.6 is 11.3 Å². The molecule has 2 heterocycles. The predicted molar refractivity (Wildman–Crippen MR) is 85.8 cm³/mol. The summed E-state index contributed by atoms with van der Waals surface area (Å²) in [5.74, 6) is -0.224. The minimum Gasteiger partial charge on any atom is -0.458 e. The average Bonchev–Trinajstić information content (AvgIpc) is 2.95. The zero-order valence-electron chi connectivity index (χ0n) is 13.9. The van der Waals surface area contributed by atoms with Crippen LogP contribution in [0.2, 0.25) is 0 Å². The molecule has 0 aliphatic carbocycles. The van der Waals surface area contributed by atoms with Crippen LogP contribution in [0.3, 0.4) is 0 Å². The van der Waals surface area contributed by atoms with Crippen molar-refractivity contribution in [2.45, 2.75) is 65.0 Å². The number of carbonyl (C=O) groups excluding carboxylic acids is 2. The second kappa shape index (κ2) is 6.36. The molecule has 1 aliphatic heterocycles. The third-order valence-electron chi connectivity index (χ3n) is 3.59. The molecule has 1 aromatic rings. The van der Waals surface area contributed by atoms with Crippen LogP contribution in [0.4, 0.5) is 0 Å². The molecule has 22 heavy (non-hydrogen) atoms. The fourth-order valence-electron chi connectivity index (χ4n) is 2.64. The zero-order valence-corrected chi connectivity index (χ0v) is 14.7. The number of esters is 1. The predicted octanol–water partition coefficient (Wildman–Crippen LogP) is 2.89. The summed E-state index contributed by atoms with van der Waals surface area (Å²) in [4.78, 5) is 30.8. The Balaban J connectivity index is 2.10. The van der Waals surface area contributed by atoms with Crippen molar-refractivity contribution in [3.8, 4) is 0 Å². The maximum Gasteiger partial charge on any atom is 0.329 e. The van der Waals surface area contributed by atoms with Crippen molar-refractivity contribution in [1.29, 1.82) is 0 Å². The van der Waals surface area contributed by atoms with Gasteiger partial charge >= 0.3 is 5.97 Å². The lowest BCUT2D eigenvalue weighted by molar-refractivity contribution is -0.163. The van der Waals surface area contributed by atoms with Gasteiger partial charge in [-0.05, 0) is 34.1 Å². The van der Waals surface area contributed by atoms with Crippen LogP contribution in [0.15, 0.2) is 5.38 Å². The first-order valence-electron chi connectivity index (χ1n) is 7.65. The summed E-state index contributed by atoms with van der Waals surface area (Å²) in [7, 11) is 0. The van der Waals surface area contributed by atoms with Gasteiger partial charge in [0.05, 0.1) is 5.01 Å². The second-order valence-electron chi connectivity index (χ2n) is 6.73. The monoisotopic (exact) mass is 324 g/mol. The molecule has 1 fully saturated rings. The normalized spacial score (nSPS) is 20.3. The molecule has 6 heteroatoms. The first-order chi connectivity index (χ1) is 10.2. The van der Waals surface area contributed by atoms with E-state index in [0.29, 0.717) is 19.4 Å². The Morgan fingerprint density at radius 2 is 2.23 bits per heavy atom. The van der Waals surface area contributed by atoms with E-state index in [1.807, 2.05) is 40.0 Å². The Morgan fingerprint density at radius 1 is 1.55 bits per heavy atom. The van der Waals surface area contributed by atoms with Crippen molar-refractivity contribution in [2.75, 3.05) is 6.54 Å². The topological polar surface area (TPSA) is 59.5 Å². The fourth-order valence-corrected chi connectivity index (χ4v) is 3.53. The minimum atomic E-state index is -0.543. The van der Waals surface area contributed by atoms with Crippen LogP contribution in [-0.4, -0.2) is 39.9 Å². The van der Waals surface area contributed by atoms with E-state index in [2.05, 4.69) is 4.98 Å². The average molecular weight is 324 g/mol. The van der Waals surface area contributed by atoms with E-state index in [-0.39, 0.29) is 17.8 Å². The van der Waals surface area contributed by atoms with Crippen molar-refractivity contribution in [3.63, 3.8) is 0 Å². The highest BCUT2D eigenvalue weighted by Gasteiger charge is 2.39. The van der Waals surface area contributed by atoms with E-state index in [9.17, 15) is 9.59 Å². The number of ether oxygens (including phenoxy) is 1. The lowest BCUT2D eigenvalue weighted by Crippen LogP contribution is -2.44. The van der Waals surface area contributed by atoms with Gasteiger partial charge in [-0.3, -0.25) is 4.79 Å². The number of aryl methyl sites for hydroxylation is 1. The molecule has 2 rings (SSSR count). The Bertz CT molecular complexity index is 562. The van der Waals surface area contributed by atoms with Crippen molar-refractivity contribution < 1.29 is 14.3 Å². The van der Waals surface area contributed by atoms with Gasteiger partial charge in [0.15, 0.2) is 0 Å². The maximum absolute atomic E-state index is 12.3. The Labute approximate surface area is 135 Å². The lowest BCUT2D eigenvalue weighted by Gasteiger charge is -2.29. The smallest absolute Gasteiger partial charge is 0.329 e. The molecule has 122 valence electrons. The SMILES string of the molecule is CCC(C(=O)OC(C)(C)C)N1CC(c2nc(C)cs2)CC1=O. The summed E-state index contributed by atoms with van der Waals surface area (Å²) in [6, 6.07) is -0.502. The third-order valence-corrected chi connectivity index (χ3v) is 4.71. The number of thiazole rings is 1. The van der Waals surface area contributed by atoms with E-state index in [4.69, 9.17) is 4.74 Å². The number of nitrogens with zero attached hydrogens (tertiary/aromatic N) is 2. The molecule has 1 saturated heterocycles. The molecule has 1 amide bonds. The van der Waals surface area contributed by atoms with Gasteiger partial charge in [0.1, 0.15) is 11.6 Å². The summed E-state index contributed by atoms with van der Waals surface area (Å²) < 4.78 is 5.45. The number of hydrogen-bond donors (Lipinski definition) is 0. The molecule has 0 bridgehead atoms. The first kappa shape index (κ1) is 16.9. The minimum absolute atomic E-state index is 0.00978. The van der Waals surface area contributed by atoms with Crippen LogP contribution in [-0.2, 0) is 14.3 Å². The highest BCUT2D eigenvalue weighted by molar-refractivity contribution is 7.09. The van der Waals surface area contributed by atoms with Gasteiger partial charge in [0, 0.05) is 30.0 Å². The molecule has 2 atom stereocenters. The molecular weight excluding hydrogens is 300 g/mol. The van der Waals surface area contributed by atoms with E-state index in [1.165, 1.54) is 0 Å². The molecule has 0 spiro atoms. The molecule has 1 aliphatic rings. The van der Waals surface area contributed by atoms with E-state index in [1.54, 1.807) is 16.2 Å². The van der Waals surface area contributed by atoms with Gasteiger partial charge in [0.25, 0.3) is 0 Å². The van der Waals surface area contributed by atoms with Gasteiger partial charge in [0.2, 0.25) is 5.91 Å². The third kappa shape index (κ3) is 3.85. The summed E-state index contributed by atoms with van der Waals surface area (Å²) in [5.41, 5.74) is 0.434. The highest BCUT2D eigenvalue weighted by atomic mass is 32.1. The van der Waals surface area contributed by atoms with Crippen molar-refractivity contribution >= 4 is 23.2 Å². The number of amides is 1. The van der Waals surface area contributed by atoms with Crippen molar-refractivity contribution in [1.82, 2.24) is 9.88 Å². The molecule has 0 aromatic carbocycles. The summed E-state index contributed by atoms with van der Waals surface area (Å²) >= 11 is 1.58. The number of aromatic nitrogens is 1.